The predicted octanol–water partition coefficient (Wildman–Crippen LogP) is 26.8. The molecule has 528 valence electrons. The zero-order valence-electron chi connectivity index (χ0n) is 61.1. The second-order valence-electron chi connectivity index (χ2n) is 28.6. The third kappa shape index (κ3) is 60.7. The van der Waals surface area contributed by atoms with Crippen molar-refractivity contribution in [3.8, 4) is 0 Å². The summed E-state index contributed by atoms with van der Waals surface area (Å²) in [6.45, 7) is 11.2. The number of unbranched alkanes of at least 4 members (excludes halogenated alkanes) is 48. The van der Waals surface area contributed by atoms with E-state index in [4.69, 9.17) is 9.47 Å². The van der Waals surface area contributed by atoms with Gasteiger partial charge >= 0.3 is 11.9 Å². The van der Waals surface area contributed by atoms with Gasteiger partial charge in [0.25, 0.3) is 0 Å². The molecule has 0 amide bonds. The Balaban J connectivity index is 2.78. The molecule has 2 unspecified atom stereocenters. The van der Waals surface area contributed by atoms with Gasteiger partial charge in [-0.3, -0.25) is 9.59 Å². The first-order valence-corrected chi connectivity index (χ1v) is 40.8. The number of esters is 2. The number of carbonyl (C=O) groups is 2. The van der Waals surface area contributed by atoms with Crippen LogP contribution in [0.2, 0.25) is 0 Å². The summed E-state index contributed by atoms with van der Waals surface area (Å²) in [5.74, 6) is -0.129. The topological polar surface area (TPSA) is 76.1 Å². The second kappa shape index (κ2) is 71.1. The number of likely N-dealkylation sites (tertiary alicyclic amines) is 1. The summed E-state index contributed by atoms with van der Waals surface area (Å²) in [7, 11) is 0. The SMILES string of the molecule is CCCCC/C=C\C/C=C\CCCCCCCCC(CCCCCCCC/C=C\C/C=C\CCCCC)OC(=O)CC1CN(CCO)CC1CC(=O)OC(CCCCCCCCCCCCCCCCCC)CCCCCCCCCCCCCCCCCC. The summed E-state index contributed by atoms with van der Waals surface area (Å²) in [6, 6.07) is 0. The van der Waals surface area contributed by atoms with Gasteiger partial charge in [0.1, 0.15) is 12.2 Å². The number of carbonyl (C=O) groups excluding carboxylic acids is 2. The Labute approximate surface area is 562 Å². The van der Waals surface area contributed by atoms with Crippen LogP contribution in [0.5, 0.6) is 0 Å². The van der Waals surface area contributed by atoms with Crippen LogP contribution in [0.1, 0.15) is 426 Å². The lowest BCUT2D eigenvalue weighted by atomic mass is 9.90. The van der Waals surface area contributed by atoms with E-state index in [1.807, 2.05) is 0 Å². The van der Waals surface area contributed by atoms with Gasteiger partial charge in [-0.1, -0.05) is 346 Å². The Morgan fingerprint density at radius 3 is 0.778 bits per heavy atom. The smallest absolute Gasteiger partial charge is 0.306 e. The number of nitrogens with zero attached hydrogens (tertiary/aromatic N) is 1. The van der Waals surface area contributed by atoms with Crippen molar-refractivity contribution in [2.24, 2.45) is 11.8 Å². The highest BCUT2D eigenvalue weighted by Crippen LogP contribution is 2.31. The van der Waals surface area contributed by atoms with Crippen LogP contribution in [0.25, 0.3) is 0 Å². The second-order valence-corrected chi connectivity index (χ2v) is 28.6. The zero-order valence-corrected chi connectivity index (χ0v) is 61.1. The Morgan fingerprint density at radius 2 is 0.533 bits per heavy atom. The van der Waals surface area contributed by atoms with E-state index in [1.54, 1.807) is 0 Å². The molecule has 6 heteroatoms. The summed E-state index contributed by atoms with van der Waals surface area (Å²) in [5, 5.41) is 10.0. The maximum atomic E-state index is 14.1. The monoisotopic (exact) mass is 1260 g/mol. The van der Waals surface area contributed by atoms with Crippen molar-refractivity contribution in [2.75, 3.05) is 26.2 Å². The highest BCUT2D eigenvalue weighted by molar-refractivity contribution is 5.71. The molecule has 1 rings (SSSR count). The van der Waals surface area contributed by atoms with E-state index in [1.165, 1.54) is 321 Å². The van der Waals surface area contributed by atoms with Crippen LogP contribution in [-0.2, 0) is 19.1 Å². The van der Waals surface area contributed by atoms with Crippen LogP contribution in [0.15, 0.2) is 48.6 Å². The van der Waals surface area contributed by atoms with Crippen molar-refractivity contribution in [2.45, 2.75) is 438 Å². The standard InChI is InChI=1S/C84H157NO5/c1-5-9-13-17-21-25-29-33-37-41-45-49-53-57-61-65-69-81(70-66-62-58-54-50-46-42-38-34-30-26-22-18-14-10-6-2)89-83(87)75-79-77-85(73-74-86)78-80(79)76-84(88)90-82(71-67-63-59-55-51-47-43-39-35-31-27-23-19-15-11-7-3)72-68-64-60-56-52-48-44-40-36-32-28-24-20-16-12-8-4/h21-22,25-26,33-34,37-38,79-82,86H,5-20,23-24,27-32,35-36,39-78H2,1-4H3/b25-21-,26-22-,37-33-,38-34-. The Hall–Kier alpha value is -2.18. The zero-order chi connectivity index (χ0) is 64.8. The number of ether oxygens (including phenoxy) is 2. The van der Waals surface area contributed by atoms with Crippen molar-refractivity contribution >= 4 is 11.9 Å². The molecular formula is C84H157NO5. The van der Waals surface area contributed by atoms with Crippen LogP contribution in [-0.4, -0.2) is 60.4 Å². The molecular weight excluding hydrogens is 1100 g/mol. The molecule has 0 radical (unpaired) electrons. The first-order valence-electron chi connectivity index (χ1n) is 40.8. The molecule has 1 heterocycles. The van der Waals surface area contributed by atoms with E-state index in [2.05, 4.69) is 81.2 Å². The van der Waals surface area contributed by atoms with Crippen LogP contribution in [0.4, 0.5) is 0 Å². The average Bonchev–Trinajstić information content (AvgIpc) is 2.28. The van der Waals surface area contributed by atoms with Gasteiger partial charge in [-0.15, -0.1) is 0 Å². The first kappa shape index (κ1) is 85.8. The van der Waals surface area contributed by atoms with Gasteiger partial charge in [0.05, 0.1) is 6.61 Å². The molecule has 0 saturated carbocycles. The summed E-state index contributed by atoms with van der Waals surface area (Å²) in [5.41, 5.74) is 0. The Kier molecular flexibility index (Phi) is 67.8. The predicted molar refractivity (Wildman–Crippen MR) is 396 cm³/mol. The molecule has 90 heavy (non-hydrogen) atoms. The van der Waals surface area contributed by atoms with Crippen LogP contribution >= 0.6 is 0 Å². The fraction of sp³-hybridized carbons (Fsp3) is 0.881. The molecule has 0 bridgehead atoms. The molecule has 1 saturated heterocycles. The van der Waals surface area contributed by atoms with Crippen LogP contribution in [0, 0.1) is 11.8 Å². The van der Waals surface area contributed by atoms with Crippen molar-refractivity contribution in [3.63, 3.8) is 0 Å². The largest absolute Gasteiger partial charge is 0.462 e. The van der Waals surface area contributed by atoms with E-state index < -0.39 is 0 Å². The number of hydrogen-bond donors (Lipinski definition) is 1. The highest BCUT2D eigenvalue weighted by Gasteiger charge is 2.36. The summed E-state index contributed by atoms with van der Waals surface area (Å²) in [6.07, 6.45) is 96.2. The van der Waals surface area contributed by atoms with E-state index in [-0.39, 0.29) is 42.6 Å². The van der Waals surface area contributed by atoms with Gasteiger partial charge in [0, 0.05) is 32.5 Å². The molecule has 6 nitrogen and oxygen atoms in total. The first-order chi connectivity index (χ1) is 44.5. The number of hydrogen-bond acceptors (Lipinski definition) is 6. The maximum Gasteiger partial charge on any atom is 0.306 e. The van der Waals surface area contributed by atoms with E-state index >= 15 is 0 Å². The van der Waals surface area contributed by atoms with Crippen molar-refractivity contribution in [3.05, 3.63) is 48.6 Å². The highest BCUT2D eigenvalue weighted by atomic mass is 16.5. The van der Waals surface area contributed by atoms with E-state index in [0.717, 1.165) is 77.3 Å². The van der Waals surface area contributed by atoms with Gasteiger partial charge in [-0.25, -0.2) is 0 Å². The minimum atomic E-state index is -0.0980. The molecule has 0 aromatic carbocycles. The number of β-amino-alcohol motifs (C(OH)–C–C–N with tert-alkyl or cyclic N) is 1. The summed E-state index contributed by atoms with van der Waals surface area (Å²) < 4.78 is 13.0. The summed E-state index contributed by atoms with van der Waals surface area (Å²) >= 11 is 0. The van der Waals surface area contributed by atoms with Crippen molar-refractivity contribution in [1.29, 1.82) is 0 Å². The fourth-order valence-electron chi connectivity index (χ4n) is 13.8. The molecule has 1 aliphatic rings. The van der Waals surface area contributed by atoms with Gasteiger partial charge in [0.2, 0.25) is 0 Å². The number of aliphatic hydroxyl groups is 1. The number of allylic oxidation sites excluding steroid dienone is 8. The third-order valence-electron chi connectivity index (χ3n) is 19.7. The lowest BCUT2D eigenvalue weighted by Crippen LogP contribution is -2.26. The van der Waals surface area contributed by atoms with Gasteiger partial charge in [-0.2, -0.15) is 0 Å². The Bertz CT molecular complexity index is 1500. The molecule has 0 aliphatic carbocycles. The minimum absolute atomic E-state index is 0.0194. The van der Waals surface area contributed by atoms with E-state index in [9.17, 15) is 14.7 Å². The maximum absolute atomic E-state index is 14.1. The molecule has 1 N–H and O–H groups in total. The van der Waals surface area contributed by atoms with Gasteiger partial charge < -0.3 is 19.5 Å². The minimum Gasteiger partial charge on any atom is -0.462 e. The number of aliphatic hydroxyl groups excluding tert-OH is 1. The molecule has 0 aromatic heterocycles. The lowest BCUT2D eigenvalue weighted by molar-refractivity contribution is -0.154. The molecule has 2 atom stereocenters. The molecule has 0 spiro atoms. The normalized spacial score (nSPS) is 14.9. The molecule has 0 aromatic rings. The lowest BCUT2D eigenvalue weighted by Gasteiger charge is -2.23. The quantitative estimate of drug-likeness (QED) is 0.0372. The van der Waals surface area contributed by atoms with Gasteiger partial charge in [-0.05, 0) is 127 Å². The Morgan fingerprint density at radius 1 is 0.322 bits per heavy atom. The molecule has 1 aliphatic heterocycles. The summed E-state index contributed by atoms with van der Waals surface area (Å²) in [4.78, 5) is 30.4. The van der Waals surface area contributed by atoms with Crippen molar-refractivity contribution < 1.29 is 24.2 Å². The molecule has 1 fully saturated rings. The van der Waals surface area contributed by atoms with Gasteiger partial charge in [0.15, 0.2) is 0 Å². The number of rotatable bonds is 72. The third-order valence-corrected chi connectivity index (χ3v) is 19.7. The van der Waals surface area contributed by atoms with Crippen LogP contribution < -0.4 is 0 Å². The average molecular weight is 1260 g/mol. The van der Waals surface area contributed by atoms with Crippen LogP contribution in [0.3, 0.4) is 0 Å². The van der Waals surface area contributed by atoms with Crippen molar-refractivity contribution in [1.82, 2.24) is 4.90 Å². The fourth-order valence-corrected chi connectivity index (χ4v) is 13.8. The van der Waals surface area contributed by atoms with E-state index in [0.29, 0.717) is 19.4 Å².